The fraction of sp³-hybridized carbons (Fsp3) is 0.350. The highest BCUT2D eigenvalue weighted by atomic mass is 15.4. The zero-order valence-electron chi connectivity index (χ0n) is 16.2. The molecule has 28 heavy (non-hydrogen) atoms. The van der Waals surface area contributed by atoms with Gasteiger partial charge in [-0.1, -0.05) is 26.0 Å². The van der Waals surface area contributed by atoms with Crippen molar-refractivity contribution in [2.75, 3.05) is 41.3 Å². The van der Waals surface area contributed by atoms with Crippen LogP contribution in [-0.4, -0.2) is 51.3 Å². The fourth-order valence-corrected chi connectivity index (χ4v) is 3.17. The summed E-state index contributed by atoms with van der Waals surface area (Å²) in [6, 6.07) is 10.2. The van der Waals surface area contributed by atoms with Crippen LogP contribution in [0.3, 0.4) is 0 Å². The molecule has 8 nitrogen and oxygen atoms in total. The highest BCUT2D eigenvalue weighted by molar-refractivity contribution is 5.55. The van der Waals surface area contributed by atoms with E-state index in [-0.39, 0.29) is 0 Å². The van der Waals surface area contributed by atoms with E-state index in [1.165, 1.54) is 5.56 Å². The molecule has 3 heterocycles. The van der Waals surface area contributed by atoms with Gasteiger partial charge < -0.3 is 15.1 Å². The first-order valence-electron chi connectivity index (χ1n) is 9.52. The van der Waals surface area contributed by atoms with Crippen LogP contribution in [0.15, 0.2) is 48.9 Å². The number of rotatable bonds is 5. The Balaban J connectivity index is 1.40. The highest BCUT2D eigenvalue weighted by Gasteiger charge is 2.20. The largest absolute Gasteiger partial charge is 0.352 e. The Labute approximate surface area is 164 Å². The molecule has 0 atom stereocenters. The molecule has 4 rings (SSSR count). The second-order valence-corrected chi connectivity index (χ2v) is 7.06. The van der Waals surface area contributed by atoms with Crippen molar-refractivity contribution < 1.29 is 0 Å². The van der Waals surface area contributed by atoms with E-state index in [0.29, 0.717) is 11.9 Å². The number of benzene rings is 1. The van der Waals surface area contributed by atoms with E-state index in [4.69, 9.17) is 0 Å². The Kier molecular flexibility index (Phi) is 5.27. The number of hydrogen-bond donors (Lipinski definition) is 1. The molecule has 1 aliphatic heterocycles. The number of piperazine rings is 1. The average molecular weight is 376 g/mol. The van der Waals surface area contributed by atoms with Crippen molar-refractivity contribution in [2.24, 2.45) is 0 Å². The van der Waals surface area contributed by atoms with Gasteiger partial charge in [0.1, 0.15) is 0 Å². The highest BCUT2D eigenvalue weighted by Crippen LogP contribution is 2.20. The summed E-state index contributed by atoms with van der Waals surface area (Å²) < 4.78 is 0. The van der Waals surface area contributed by atoms with Gasteiger partial charge in [-0.15, -0.1) is 5.10 Å². The maximum absolute atomic E-state index is 4.64. The molecule has 0 aliphatic carbocycles. The summed E-state index contributed by atoms with van der Waals surface area (Å²) in [5.41, 5.74) is 2.26. The molecule has 1 N–H and O–H groups in total. The normalized spacial score (nSPS) is 14.4. The number of anilines is 4. The molecule has 1 saturated heterocycles. The van der Waals surface area contributed by atoms with Gasteiger partial charge in [0, 0.05) is 44.3 Å². The Hall–Kier alpha value is -3.29. The summed E-state index contributed by atoms with van der Waals surface area (Å²) in [5.74, 6) is 2.61. The molecule has 0 bridgehead atoms. The lowest BCUT2D eigenvalue weighted by Gasteiger charge is -2.35. The standard InChI is InChI=1S/C20H24N8/c1-15(2)16-4-6-17(7-5-16)24-19-25-18(14-23-26-19)27-10-12-28(13-11-27)20-21-8-3-9-22-20/h3-9,14-15H,10-13H2,1-2H3,(H,24,25,26). The van der Waals surface area contributed by atoms with E-state index in [0.717, 1.165) is 43.6 Å². The van der Waals surface area contributed by atoms with Gasteiger partial charge in [-0.25, -0.2) is 9.97 Å². The van der Waals surface area contributed by atoms with Crippen molar-refractivity contribution in [3.63, 3.8) is 0 Å². The van der Waals surface area contributed by atoms with Crippen LogP contribution >= 0.6 is 0 Å². The smallest absolute Gasteiger partial charge is 0.249 e. The maximum atomic E-state index is 4.64. The molecular formula is C20H24N8. The molecule has 0 spiro atoms. The molecule has 1 aliphatic rings. The minimum absolute atomic E-state index is 0.503. The summed E-state index contributed by atoms with van der Waals surface area (Å²) in [7, 11) is 0. The Morgan fingerprint density at radius 2 is 1.61 bits per heavy atom. The van der Waals surface area contributed by atoms with Gasteiger partial charge in [0.05, 0.1) is 6.20 Å². The molecule has 1 fully saturated rings. The number of nitrogens with one attached hydrogen (secondary N) is 1. The van der Waals surface area contributed by atoms with E-state index in [1.54, 1.807) is 18.6 Å². The van der Waals surface area contributed by atoms with Crippen molar-refractivity contribution in [2.45, 2.75) is 19.8 Å². The molecule has 3 aromatic rings. The summed E-state index contributed by atoms with van der Waals surface area (Å²) >= 11 is 0. The van der Waals surface area contributed by atoms with Crippen molar-refractivity contribution >= 4 is 23.4 Å². The molecule has 144 valence electrons. The van der Waals surface area contributed by atoms with Crippen molar-refractivity contribution in [1.82, 2.24) is 25.1 Å². The van der Waals surface area contributed by atoms with Crippen LogP contribution in [0.1, 0.15) is 25.3 Å². The van der Waals surface area contributed by atoms with Gasteiger partial charge >= 0.3 is 0 Å². The summed E-state index contributed by atoms with van der Waals surface area (Å²) in [6.07, 6.45) is 5.26. The molecule has 2 aromatic heterocycles. The Morgan fingerprint density at radius 3 is 2.29 bits per heavy atom. The van der Waals surface area contributed by atoms with Crippen LogP contribution in [-0.2, 0) is 0 Å². The molecule has 0 saturated carbocycles. The Bertz CT molecular complexity index is 890. The van der Waals surface area contributed by atoms with Crippen LogP contribution < -0.4 is 15.1 Å². The van der Waals surface area contributed by atoms with E-state index >= 15 is 0 Å². The zero-order valence-corrected chi connectivity index (χ0v) is 16.2. The lowest BCUT2D eigenvalue weighted by atomic mass is 10.0. The average Bonchev–Trinajstić information content (AvgIpc) is 2.75. The third-order valence-electron chi connectivity index (χ3n) is 4.82. The first-order valence-corrected chi connectivity index (χ1v) is 9.52. The number of hydrogen-bond acceptors (Lipinski definition) is 8. The third kappa shape index (κ3) is 4.16. The van der Waals surface area contributed by atoms with Crippen molar-refractivity contribution in [1.29, 1.82) is 0 Å². The SMILES string of the molecule is CC(C)c1ccc(Nc2nncc(N3CCN(c4ncccn4)CC3)n2)cc1. The van der Waals surface area contributed by atoms with E-state index in [9.17, 15) is 0 Å². The summed E-state index contributed by atoms with van der Waals surface area (Å²) in [6.45, 7) is 7.71. The molecule has 8 heteroatoms. The quantitative estimate of drug-likeness (QED) is 0.728. The van der Waals surface area contributed by atoms with Gasteiger partial charge in [-0.05, 0) is 29.7 Å². The van der Waals surface area contributed by atoms with Crippen molar-refractivity contribution in [3.05, 3.63) is 54.5 Å². The van der Waals surface area contributed by atoms with Gasteiger partial charge in [-0.2, -0.15) is 10.1 Å². The van der Waals surface area contributed by atoms with E-state index in [1.807, 2.05) is 18.2 Å². The van der Waals surface area contributed by atoms with E-state index < -0.39 is 0 Å². The van der Waals surface area contributed by atoms with Crippen LogP contribution in [0.25, 0.3) is 0 Å². The molecule has 0 unspecified atom stereocenters. The minimum Gasteiger partial charge on any atom is -0.352 e. The predicted molar refractivity (Wildman–Crippen MR) is 110 cm³/mol. The molecule has 0 amide bonds. The summed E-state index contributed by atoms with van der Waals surface area (Å²) in [5, 5.41) is 11.5. The van der Waals surface area contributed by atoms with Gasteiger partial charge in [0.25, 0.3) is 0 Å². The summed E-state index contributed by atoms with van der Waals surface area (Å²) in [4.78, 5) is 17.7. The Morgan fingerprint density at radius 1 is 0.929 bits per heavy atom. The minimum atomic E-state index is 0.503. The molecule has 1 aromatic carbocycles. The number of nitrogens with zero attached hydrogens (tertiary/aromatic N) is 7. The molecular weight excluding hydrogens is 352 g/mol. The fourth-order valence-electron chi connectivity index (χ4n) is 3.17. The maximum Gasteiger partial charge on any atom is 0.249 e. The van der Waals surface area contributed by atoms with Crippen molar-refractivity contribution in [3.8, 4) is 0 Å². The first-order chi connectivity index (χ1) is 13.7. The second-order valence-electron chi connectivity index (χ2n) is 7.06. The lowest BCUT2D eigenvalue weighted by Crippen LogP contribution is -2.47. The monoisotopic (exact) mass is 376 g/mol. The van der Waals surface area contributed by atoms with Gasteiger partial charge in [-0.3, -0.25) is 0 Å². The first kappa shape index (κ1) is 18.1. The van der Waals surface area contributed by atoms with Crippen LogP contribution in [0.4, 0.5) is 23.4 Å². The van der Waals surface area contributed by atoms with Gasteiger partial charge in [0.15, 0.2) is 5.82 Å². The molecule has 0 radical (unpaired) electrons. The topological polar surface area (TPSA) is 83.0 Å². The lowest BCUT2D eigenvalue weighted by molar-refractivity contribution is 0.632. The predicted octanol–water partition coefficient (Wildman–Crippen LogP) is 2.86. The second kappa shape index (κ2) is 8.16. The van der Waals surface area contributed by atoms with E-state index in [2.05, 4.69) is 66.2 Å². The van der Waals surface area contributed by atoms with Crippen LogP contribution in [0.5, 0.6) is 0 Å². The zero-order chi connectivity index (χ0) is 19.3. The number of aromatic nitrogens is 5. The van der Waals surface area contributed by atoms with Crippen LogP contribution in [0, 0.1) is 0 Å². The third-order valence-corrected chi connectivity index (χ3v) is 4.82. The van der Waals surface area contributed by atoms with Gasteiger partial charge in [0.2, 0.25) is 11.9 Å². The van der Waals surface area contributed by atoms with Crippen LogP contribution in [0.2, 0.25) is 0 Å².